The molecule has 8 nitrogen and oxygen atoms in total. The van der Waals surface area contributed by atoms with Gasteiger partial charge in [-0.3, -0.25) is 9.36 Å². The van der Waals surface area contributed by atoms with Crippen LogP contribution in [0.3, 0.4) is 0 Å². The zero-order valence-corrected chi connectivity index (χ0v) is 16.2. The minimum Gasteiger partial charge on any atom is -0.358 e. The molecule has 0 aliphatic rings. The third-order valence-electron chi connectivity index (χ3n) is 4.88. The Morgan fingerprint density at radius 3 is 2.74 bits per heavy atom. The fourth-order valence-corrected chi connectivity index (χ4v) is 3.47. The Balaban J connectivity index is 1.71. The SMILES string of the molecule is C[C@@H](Nc1ncnc2[nH]cnc12)c1nc2ccc(F)cc2c(=O)n1-c1cccc(F)c1. The van der Waals surface area contributed by atoms with Crippen LogP contribution in [0.1, 0.15) is 18.8 Å². The van der Waals surface area contributed by atoms with Crippen molar-refractivity contribution in [1.29, 1.82) is 0 Å². The molecule has 2 N–H and O–H groups in total. The number of benzene rings is 2. The van der Waals surface area contributed by atoms with Crippen LogP contribution in [-0.2, 0) is 0 Å². The van der Waals surface area contributed by atoms with Crippen LogP contribution < -0.4 is 10.9 Å². The standard InChI is InChI=1S/C21H15F2N7O/c1-11(28-19-17-18(25-9-24-17)26-10-27-19)20-29-16-6-5-13(23)8-15(16)21(31)30(20)14-4-2-3-12(22)7-14/h2-11H,1H3,(H2,24,25,26,27,28)/t11-/m1/s1. The lowest BCUT2D eigenvalue weighted by Gasteiger charge is -2.20. The first-order valence-electron chi connectivity index (χ1n) is 9.40. The Labute approximate surface area is 173 Å². The van der Waals surface area contributed by atoms with Crippen molar-refractivity contribution in [3.05, 3.63) is 82.9 Å². The Kier molecular flexibility index (Phi) is 4.39. The molecule has 31 heavy (non-hydrogen) atoms. The zero-order valence-electron chi connectivity index (χ0n) is 16.2. The van der Waals surface area contributed by atoms with E-state index in [-0.39, 0.29) is 11.1 Å². The Morgan fingerprint density at radius 2 is 1.90 bits per heavy atom. The molecule has 0 bridgehead atoms. The summed E-state index contributed by atoms with van der Waals surface area (Å²) in [5, 5.41) is 3.29. The van der Waals surface area contributed by atoms with Crippen molar-refractivity contribution < 1.29 is 8.78 Å². The molecule has 1 atom stereocenters. The van der Waals surface area contributed by atoms with Gasteiger partial charge in [0.15, 0.2) is 11.5 Å². The van der Waals surface area contributed by atoms with Crippen LogP contribution >= 0.6 is 0 Å². The molecule has 0 radical (unpaired) electrons. The van der Waals surface area contributed by atoms with Crippen LogP contribution in [0.2, 0.25) is 0 Å². The second-order valence-corrected chi connectivity index (χ2v) is 6.94. The zero-order chi connectivity index (χ0) is 21.5. The van der Waals surface area contributed by atoms with Gasteiger partial charge in [0.25, 0.3) is 5.56 Å². The number of aromatic amines is 1. The molecule has 0 spiro atoms. The number of anilines is 1. The van der Waals surface area contributed by atoms with Gasteiger partial charge < -0.3 is 10.3 Å². The first kappa shape index (κ1) is 18.8. The Morgan fingerprint density at radius 1 is 1.06 bits per heavy atom. The second-order valence-electron chi connectivity index (χ2n) is 6.94. The van der Waals surface area contributed by atoms with E-state index in [0.717, 1.165) is 6.07 Å². The lowest BCUT2D eigenvalue weighted by atomic mass is 10.2. The first-order valence-corrected chi connectivity index (χ1v) is 9.40. The lowest BCUT2D eigenvalue weighted by molar-refractivity contribution is 0.623. The van der Waals surface area contributed by atoms with E-state index in [2.05, 4.69) is 30.2 Å². The summed E-state index contributed by atoms with van der Waals surface area (Å²) in [6, 6.07) is 8.84. The number of imidazole rings is 1. The Bertz CT molecular complexity index is 1490. The molecule has 10 heteroatoms. The summed E-state index contributed by atoms with van der Waals surface area (Å²) in [7, 11) is 0. The molecule has 3 heterocycles. The highest BCUT2D eigenvalue weighted by Gasteiger charge is 2.20. The van der Waals surface area contributed by atoms with Gasteiger partial charge in [0.2, 0.25) is 0 Å². The van der Waals surface area contributed by atoms with Crippen molar-refractivity contribution in [3.8, 4) is 5.69 Å². The average Bonchev–Trinajstić information content (AvgIpc) is 3.24. The highest BCUT2D eigenvalue weighted by Crippen LogP contribution is 2.24. The quantitative estimate of drug-likeness (QED) is 0.462. The maximum Gasteiger partial charge on any atom is 0.266 e. The van der Waals surface area contributed by atoms with Gasteiger partial charge >= 0.3 is 0 Å². The van der Waals surface area contributed by atoms with Gasteiger partial charge in [0.1, 0.15) is 29.3 Å². The third kappa shape index (κ3) is 3.27. The molecule has 0 amide bonds. The monoisotopic (exact) mass is 419 g/mol. The van der Waals surface area contributed by atoms with Crippen molar-refractivity contribution in [2.75, 3.05) is 5.32 Å². The van der Waals surface area contributed by atoms with E-state index >= 15 is 0 Å². The predicted molar refractivity (Wildman–Crippen MR) is 111 cm³/mol. The molecule has 0 saturated carbocycles. The smallest absolute Gasteiger partial charge is 0.266 e. The predicted octanol–water partition coefficient (Wildman–Crippen LogP) is 3.50. The molecule has 0 aliphatic heterocycles. The van der Waals surface area contributed by atoms with E-state index < -0.39 is 23.2 Å². The molecule has 0 fully saturated rings. The molecule has 0 unspecified atom stereocenters. The van der Waals surface area contributed by atoms with Gasteiger partial charge in [0, 0.05) is 0 Å². The molecule has 5 rings (SSSR count). The maximum absolute atomic E-state index is 13.9. The van der Waals surface area contributed by atoms with E-state index in [1.165, 1.54) is 47.6 Å². The highest BCUT2D eigenvalue weighted by molar-refractivity contribution is 5.82. The summed E-state index contributed by atoms with van der Waals surface area (Å²) in [5.74, 6) is -0.322. The summed E-state index contributed by atoms with van der Waals surface area (Å²) in [4.78, 5) is 33.3. The van der Waals surface area contributed by atoms with Crippen molar-refractivity contribution >= 4 is 27.9 Å². The Hall–Kier alpha value is -4.21. The summed E-state index contributed by atoms with van der Waals surface area (Å²) >= 11 is 0. The van der Waals surface area contributed by atoms with E-state index in [1.54, 1.807) is 13.0 Å². The minimum absolute atomic E-state index is 0.0944. The average molecular weight is 419 g/mol. The van der Waals surface area contributed by atoms with Crippen molar-refractivity contribution in [1.82, 2.24) is 29.5 Å². The second kappa shape index (κ2) is 7.24. The third-order valence-corrected chi connectivity index (χ3v) is 4.88. The summed E-state index contributed by atoms with van der Waals surface area (Å²) in [6.07, 6.45) is 2.88. The first-order chi connectivity index (χ1) is 15.0. The van der Waals surface area contributed by atoms with Crippen LogP contribution in [0.4, 0.5) is 14.6 Å². The number of hydrogen-bond acceptors (Lipinski definition) is 6. The number of H-pyrrole nitrogens is 1. The molecule has 0 aliphatic carbocycles. The van der Waals surface area contributed by atoms with Crippen LogP contribution in [0.5, 0.6) is 0 Å². The maximum atomic E-state index is 13.9. The van der Waals surface area contributed by atoms with Gasteiger partial charge in [-0.15, -0.1) is 0 Å². The van der Waals surface area contributed by atoms with E-state index in [1.807, 2.05) is 0 Å². The molecule has 5 aromatic rings. The van der Waals surface area contributed by atoms with Gasteiger partial charge in [0.05, 0.1) is 29.0 Å². The number of hydrogen-bond donors (Lipinski definition) is 2. The highest BCUT2D eigenvalue weighted by atomic mass is 19.1. The van der Waals surface area contributed by atoms with Crippen molar-refractivity contribution in [2.45, 2.75) is 13.0 Å². The van der Waals surface area contributed by atoms with Crippen LogP contribution in [0, 0.1) is 11.6 Å². The molecular weight excluding hydrogens is 404 g/mol. The van der Waals surface area contributed by atoms with Crippen LogP contribution in [0.25, 0.3) is 27.8 Å². The molecular formula is C21H15F2N7O. The number of nitrogens with zero attached hydrogens (tertiary/aromatic N) is 5. The number of halogens is 2. The minimum atomic E-state index is -0.557. The summed E-state index contributed by atoms with van der Waals surface area (Å²) in [6.45, 7) is 1.79. The van der Waals surface area contributed by atoms with Crippen LogP contribution in [0.15, 0.2) is 59.9 Å². The lowest BCUT2D eigenvalue weighted by Crippen LogP contribution is -2.27. The number of rotatable bonds is 4. The van der Waals surface area contributed by atoms with Crippen molar-refractivity contribution in [3.63, 3.8) is 0 Å². The fourth-order valence-electron chi connectivity index (χ4n) is 3.47. The van der Waals surface area contributed by atoms with Crippen LogP contribution in [-0.4, -0.2) is 29.5 Å². The topological polar surface area (TPSA) is 101 Å². The molecule has 154 valence electrons. The van der Waals surface area contributed by atoms with Gasteiger partial charge in [-0.05, 0) is 43.3 Å². The summed E-state index contributed by atoms with van der Waals surface area (Å²) < 4.78 is 29.0. The van der Waals surface area contributed by atoms with Crippen molar-refractivity contribution in [2.24, 2.45) is 0 Å². The molecule has 0 saturated heterocycles. The largest absolute Gasteiger partial charge is 0.358 e. The molecule has 2 aromatic carbocycles. The number of fused-ring (bicyclic) bond motifs is 2. The van der Waals surface area contributed by atoms with Gasteiger partial charge in [-0.25, -0.2) is 28.7 Å². The van der Waals surface area contributed by atoms with Gasteiger partial charge in [-0.2, -0.15) is 0 Å². The number of aromatic nitrogens is 6. The fraction of sp³-hybridized carbons (Fsp3) is 0.0952. The van der Waals surface area contributed by atoms with E-state index in [0.29, 0.717) is 28.3 Å². The van der Waals surface area contributed by atoms with E-state index in [4.69, 9.17) is 0 Å². The normalized spacial score (nSPS) is 12.4. The number of nitrogens with one attached hydrogen (secondary N) is 2. The summed E-state index contributed by atoms with van der Waals surface area (Å²) in [5.41, 5.74) is 1.17. The van der Waals surface area contributed by atoms with E-state index in [9.17, 15) is 13.6 Å². The van der Waals surface area contributed by atoms with Gasteiger partial charge in [-0.1, -0.05) is 6.07 Å². The molecule has 3 aromatic heterocycles.